The highest BCUT2D eigenvalue weighted by Crippen LogP contribution is 2.22. The zero-order chi connectivity index (χ0) is 20.3. The Morgan fingerprint density at radius 2 is 2.00 bits per heavy atom. The van der Waals surface area contributed by atoms with Gasteiger partial charge in [-0.15, -0.1) is 0 Å². The number of nitrogens with zero attached hydrogens (tertiary/aromatic N) is 4. The molecule has 0 bridgehead atoms. The topological polar surface area (TPSA) is 73.8 Å². The third-order valence-corrected chi connectivity index (χ3v) is 5.55. The number of hydrogen-bond acceptors (Lipinski definition) is 5. The number of anilines is 1. The summed E-state index contributed by atoms with van der Waals surface area (Å²) in [5.74, 6) is 1.26. The second-order valence-corrected chi connectivity index (χ2v) is 8.30. The van der Waals surface area contributed by atoms with E-state index in [0.29, 0.717) is 49.9 Å². The summed E-state index contributed by atoms with van der Waals surface area (Å²) in [4.78, 5) is 47.0. The van der Waals surface area contributed by atoms with Gasteiger partial charge in [-0.1, -0.05) is 13.8 Å². The van der Waals surface area contributed by atoms with E-state index < -0.39 is 0 Å². The molecule has 2 aliphatic heterocycles. The molecule has 3 heterocycles. The summed E-state index contributed by atoms with van der Waals surface area (Å²) in [6, 6.07) is 3.57. The molecule has 1 unspecified atom stereocenters. The summed E-state index contributed by atoms with van der Waals surface area (Å²) in [5, 5.41) is 0. The Morgan fingerprint density at radius 3 is 2.64 bits per heavy atom. The van der Waals surface area contributed by atoms with E-state index in [1.54, 1.807) is 35.2 Å². The number of aromatic nitrogens is 1. The lowest BCUT2D eigenvalue weighted by Crippen LogP contribution is -2.48. The maximum Gasteiger partial charge on any atom is 0.255 e. The van der Waals surface area contributed by atoms with Crippen molar-refractivity contribution in [1.82, 2.24) is 14.8 Å². The van der Waals surface area contributed by atoms with E-state index in [-0.39, 0.29) is 23.5 Å². The molecule has 2 fully saturated rings. The summed E-state index contributed by atoms with van der Waals surface area (Å²) >= 11 is 0. The van der Waals surface area contributed by atoms with Crippen LogP contribution in [0.2, 0.25) is 0 Å². The van der Waals surface area contributed by atoms with Gasteiger partial charge in [-0.3, -0.25) is 14.4 Å². The summed E-state index contributed by atoms with van der Waals surface area (Å²) in [7, 11) is 1.80. The SMILES string of the molecule is CC(C)CC(=O)C1CCCN(C(=O)c2ccc(N3CCN(C)C(=O)C3)nc2)C1. The van der Waals surface area contributed by atoms with Crippen molar-refractivity contribution >= 4 is 23.4 Å². The number of rotatable bonds is 5. The maximum atomic E-state index is 12.9. The summed E-state index contributed by atoms with van der Waals surface area (Å²) in [6.45, 7) is 6.98. The van der Waals surface area contributed by atoms with Crippen LogP contribution >= 0.6 is 0 Å². The van der Waals surface area contributed by atoms with Gasteiger partial charge in [0.25, 0.3) is 5.91 Å². The largest absolute Gasteiger partial charge is 0.346 e. The van der Waals surface area contributed by atoms with Crippen LogP contribution in [0.1, 0.15) is 43.5 Å². The Labute approximate surface area is 166 Å². The lowest BCUT2D eigenvalue weighted by atomic mass is 9.89. The fraction of sp³-hybridized carbons (Fsp3) is 0.619. The van der Waals surface area contributed by atoms with Crippen LogP contribution in [0, 0.1) is 11.8 Å². The minimum atomic E-state index is -0.0736. The van der Waals surface area contributed by atoms with Gasteiger partial charge in [0, 0.05) is 51.8 Å². The lowest BCUT2D eigenvalue weighted by Gasteiger charge is -2.33. The number of pyridine rings is 1. The summed E-state index contributed by atoms with van der Waals surface area (Å²) < 4.78 is 0. The Kier molecular flexibility index (Phi) is 6.31. The first-order chi connectivity index (χ1) is 13.3. The number of likely N-dealkylation sites (tertiary alicyclic amines) is 1. The predicted octanol–water partition coefficient (Wildman–Crippen LogP) is 1.83. The number of Topliss-reactive ketones (excluding diaryl/α,β-unsaturated/α-hetero) is 1. The van der Waals surface area contributed by atoms with Gasteiger partial charge in [-0.05, 0) is 30.9 Å². The van der Waals surface area contributed by atoms with Crippen molar-refractivity contribution in [2.75, 3.05) is 44.7 Å². The van der Waals surface area contributed by atoms with Gasteiger partial charge in [0.05, 0.1) is 12.1 Å². The monoisotopic (exact) mass is 386 g/mol. The Morgan fingerprint density at radius 1 is 1.21 bits per heavy atom. The second-order valence-electron chi connectivity index (χ2n) is 8.30. The Balaban J connectivity index is 1.62. The van der Waals surface area contributed by atoms with E-state index in [0.717, 1.165) is 19.4 Å². The molecular formula is C21H30N4O3. The molecule has 28 heavy (non-hydrogen) atoms. The molecule has 1 atom stereocenters. The fourth-order valence-corrected chi connectivity index (χ4v) is 3.83. The number of ketones is 1. The third kappa shape index (κ3) is 4.69. The van der Waals surface area contributed by atoms with Gasteiger partial charge in [-0.2, -0.15) is 0 Å². The number of amides is 2. The zero-order valence-electron chi connectivity index (χ0n) is 17.1. The molecule has 0 radical (unpaired) electrons. The molecular weight excluding hydrogens is 356 g/mol. The molecule has 7 heteroatoms. The van der Waals surface area contributed by atoms with Crippen LogP contribution in [0.3, 0.4) is 0 Å². The van der Waals surface area contributed by atoms with Crippen LogP contribution in [0.4, 0.5) is 5.82 Å². The van der Waals surface area contributed by atoms with Crippen molar-refractivity contribution in [2.45, 2.75) is 33.1 Å². The van der Waals surface area contributed by atoms with Gasteiger partial charge in [0.1, 0.15) is 11.6 Å². The van der Waals surface area contributed by atoms with Crippen molar-refractivity contribution in [3.63, 3.8) is 0 Å². The third-order valence-electron chi connectivity index (χ3n) is 5.55. The van der Waals surface area contributed by atoms with Crippen molar-refractivity contribution in [3.05, 3.63) is 23.9 Å². The van der Waals surface area contributed by atoms with Gasteiger partial charge >= 0.3 is 0 Å². The number of piperidine rings is 1. The van der Waals surface area contributed by atoms with Crippen molar-refractivity contribution < 1.29 is 14.4 Å². The molecule has 0 spiro atoms. The minimum absolute atomic E-state index is 0.0521. The van der Waals surface area contributed by atoms with Crippen molar-refractivity contribution in [1.29, 1.82) is 0 Å². The normalized spacial score (nSPS) is 20.6. The molecule has 1 aromatic heterocycles. The first-order valence-corrected chi connectivity index (χ1v) is 10.1. The van der Waals surface area contributed by atoms with Gasteiger partial charge in [-0.25, -0.2) is 4.98 Å². The number of carbonyl (C=O) groups excluding carboxylic acids is 3. The van der Waals surface area contributed by atoms with E-state index in [9.17, 15) is 14.4 Å². The standard InChI is InChI=1S/C21H30N4O3/c1-15(2)11-18(26)17-5-4-8-25(13-17)21(28)16-6-7-19(22-12-16)24-10-9-23(3)20(27)14-24/h6-7,12,15,17H,4-5,8-11,13-14H2,1-3H3. The van der Waals surface area contributed by atoms with Crippen LogP contribution < -0.4 is 4.90 Å². The number of carbonyl (C=O) groups is 3. The van der Waals surface area contributed by atoms with E-state index in [1.165, 1.54) is 0 Å². The second kappa shape index (κ2) is 8.71. The number of piperazine rings is 1. The molecule has 0 saturated carbocycles. The van der Waals surface area contributed by atoms with Crippen molar-refractivity contribution in [2.24, 2.45) is 11.8 Å². The predicted molar refractivity (Wildman–Crippen MR) is 107 cm³/mol. The molecule has 0 N–H and O–H groups in total. The smallest absolute Gasteiger partial charge is 0.255 e. The van der Waals surface area contributed by atoms with E-state index in [2.05, 4.69) is 4.98 Å². The minimum Gasteiger partial charge on any atom is -0.346 e. The van der Waals surface area contributed by atoms with Crippen LogP contribution in [0.25, 0.3) is 0 Å². The van der Waals surface area contributed by atoms with Gasteiger partial charge < -0.3 is 14.7 Å². The van der Waals surface area contributed by atoms with Crippen molar-refractivity contribution in [3.8, 4) is 0 Å². The maximum absolute atomic E-state index is 12.9. The lowest BCUT2D eigenvalue weighted by molar-refractivity contribution is -0.129. The fourth-order valence-electron chi connectivity index (χ4n) is 3.83. The number of hydrogen-bond donors (Lipinski definition) is 0. The first kappa shape index (κ1) is 20.3. The van der Waals surface area contributed by atoms with Crippen LogP contribution in [0.5, 0.6) is 0 Å². The van der Waals surface area contributed by atoms with E-state index in [4.69, 9.17) is 0 Å². The highest BCUT2D eigenvalue weighted by Gasteiger charge is 2.29. The molecule has 0 aromatic carbocycles. The molecule has 2 aliphatic rings. The summed E-state index contributed by atoms with van der Waals surface area (Å²) in [5.41, 5.74) is 0.529. The molecule has 2 amide bonds. The Hall–Kier alpha value is -2.44. The van der Waals surface area contributed by atoms with Crippen LogP contribution in [-0.2, 0) is 9.59 Å². The quantitative estimate of drug-likeness (QED) is 0.772. The molecule has 7 nitrogen and oxygen atoms in total. The number of likely N-dealkylation sites (N-methyl/N-ethyl adjacent to an activating group) is 1. The van der Waals surface area contributed by atoms with E-state index >= 15 is 0 Å². The average molecular weight is 386 g/mol. The highest BCUT2D eigenvalue weighted by molar-refractivity contribution is 5.94. The van der Waals surface area contributed by atoms with Gasteiger partial charge in [0.2, 0.25) is 5.91 Å². The van der Waals surface area contributed by atoms with Crippen LogP contribution in [0.15, 0.2) is 18.3 Å². The molecule has 3 rings (SSSR count). The Bertz CT molecular complexity index is 732. The average Bonchev–Trinajstić information content (AvgIpc) is 2.69. The van der Waals surface area contributed by atoms with Crippen LogP contribution in [-0.4, -0.2) is 72.2 Å². The highest BCUT2D eigenvalue weighted by atomic mass is 16.2. The summed E-state index contributed by atoms with van der Waals surface area (Å²) in [6.07, 6.45) is 3.88. The van der Waals surface area contributed by atoms with Gasteiger partial charge in [0.15, 0.2) is 0 Å². The molecule has 0 aliphatic carbocycles. The van der Waals surface area contributed by atoms with E-state index in [1.807, 2.05) is 18.7 Å². The zero-order valence-corrected chi connectivity index (χ0v) is 17.1. The molecule has 152 valence electrons. The first-order valence-electron chi connectivity index (χ1n) is 10.1. The molecule has 2 saturated heterocycles. The molecule has 1 aromatic rings.